The number of hydrogen-bond acceptors (Lipinski definition) is 7. The van der Waals surface area contributed by atoms with Gasteiger partial charge in [-0.2, -0.15) is 4.98 Å². The Morgan fingerprint density at radius 3 is 2.89 bits per heavy atom. The van der Waals surface area contributed by atoms with Gasteiger partial charge in [-0.1, -0.05) is 11.2 Å². The fraction of sp³-hybridized carbons (Fsp3) is 0.368. The van der Waals surface area contributed by atoms with E-state index in [4.69, 9.17) is 13.7 Å². The summed E-state index contributed by atoms with van der Waals surface area (Å²) in [5, 5.41) is 10.4. The predicted molar refractivity (Wildman–Crippen MR) is 104 cm³/mol. The highest BCUT2D eigenvalue weighted by Gasteiger charge is 2.09. The summed E-state index contributed by atoms with van der Waals surface area (Å²) in [5.74, 6) is 2.60. The van der Waals surface area contributed by atoms with Gasteiger partial charge in [-0.3, -0.25) is 9.98 Å². The predicted octanol–water partition coefficient (Wildman–Crippen LogP) is 2.04. The number of guanidine groups is 1. The number of hydrogen-bond donors (Lipinski definition) is 2. The van der Waals surface area contributed by atoms with Gasteiger partial charge >= 0.3 is 0 Å². The summed E-state index contributed by atoms with van der Waals surface area (Å²) in [7, 11) is 1.73. The van der Waals surface area contributed by atoms with E-state index >= 15 is 0 Å². The van der Waals surface area contributed by atoms with Crippen LogP contribution in [0.25, 0.3) is 11.6 Å². The Kier molecular flexibility index (Phi) is 7.56. The summed E-state index contributed by atoms with van der Waals surface area (Å²) in [6.07, 6.45) is 4.81. The largest absolute Gasteiger partial charge is 0.467 e. The Bertz CT molecular complexity index is 832. The first-order valence-electron chi connectivity index (χ1n) is 9.14. The van der Waals surface area contributed by atoms with Gasteiger partial charge in [0.15, 0.2) is 11.8 Å². The van der Waals surface area contributed by atoms with Gasteiger partial charge in [-0.25, -0.2) is 0 Å². The molecular formula is C19H24N6O3. The molecular weight excluding hydrogens is 360 g/mol. The van der Waals surface area contributed by atoms with Gasteiger partial charge in [0.2, 0.25) is 0 Å². The lowest BCUT2D eigenvalue weighted by atomic mass is 10.3. The number of nitrogens with one attached hydrogen (secondary N) is 2. The molecule has 28 heavy (non-hydrogen) atoms. The highest BCUT2D eigenvalue weighted by Crippen LogP contribution is 2.13. The minimum Gasteiger partial charge on any atom is -0.467 e. The molecule has 3 rings (SSSR count). The van der Waals surface area contributed by atoms with E-state index in [1.54, 1.807) is 19.5 Å². The molecule has 0 saturated carbocycles. The first-order valence-corrected chi connectivity index (χ1v) is 9.14. The van der Waals surface area contributed by atoms with Crippen LogP contribution in [0.5, 0.6) is 0 Å². The number of furan rings is 1. The zero-order valence-electron chi connectivity index (χ0n) is 15.8. The highest BCUT2D eigenvalue weighted by molar-refractivity contribution is 5.79. The second kappa shape index (κ2) is 10.8. The third-order valence-corrected chi connectivity index (χ3v) is 3.80. The zero-order chi connectivity index (χ0) is 19.4. The van der Waals surface area contributed by atoms with Gasteiger partial charge in [0.25, 0.3) is 5.89 Å². The number of aliphatic imine (C=N–C) groups is 1. The van der Waals surface area contributed by atoms with Gasteiger partial charge in [-0.05, 0) is 30.7 Å². The number of pyridine rings is 1. The van der Waals surface area contributed by atoms with Crippen LogP contribution in [0.4, 0.5) is 0 Å². The third kappa shape index (κ3) is 6.20. The van der Waals surface area contributed by atoms with Crippen molar-refractivity contribution in [1.82, 2.24) is 25.8 Å². The normalized spacial score (nSPS) is 11.5. The van der Waals surface area contributed by atoms with E-state index in [2.05, 4.69) is 30.8 Å². The standard InChI is InChI=1S/C19H24N6O3/c1-20-19(22-10-5-12-26-14-15-6-4-13-27-15)23-11-8-17-24-18(28-25-17)16-7-2-3-9-21-16/h2-4,6-7,9,13H,5,8,10-12,14H2,1H3,(H2,20,22,23). The molecule has 3 heterocycles. The Hall–Kier alpha value is -3.20. The molecule has 0 aliphatic rings. The zero-order valence-corrected chi connectivity index (χ0v) is 15.8. The summed E-state index contributed by atoms with van der Waals surface area (Å²) >= 11 is 0. The molecule has 9 nitrogen and oxygen atoms in total. The van der Waals surface area contributed by atoms with Crippen molar-refractivity contribution in [3.8, 4) is 11.6 Å². The average molecular weight is 384 g/mol. The summed E-state index contributed by atoms with van der Waals surface area (Å²) in [5.41, 5.74) is 0.668. The molecule has 0 aromatic carbocycles. The molecule has 3 aromatic rings. The summed E-state index contributed by atoms with van der Waals surface area (Å²) in [6.45, 7) is 2.52. The van der Waals surface area contributed by atoms with Crippen LogP contribution in [-0.2, 0) is 17.8 Å². The molecule has 0 aliphatic heterocycles. The first kappa shape index (κ1) is 19.6. The molecule has 0 radical (unpaired) electrons. The van der Waals surface area contributed by atoms with Crippen LogP contribution >= 0.6 is 0 Å². The van der Waals surface area contributed by atoms with E-state index in [1.165, 1.54) is 0 Å². The maximum atomic E-state index is 5.55. The number of ether oxygens (including phenoxy) is 1. The van der Waals surface area contributed by atoms with Crippen LogP contribution in [0, 0.1) is 0 Å². The van der Waals surface area contributed by atoms with Gasteiger partial charge in [0, 0.05) is 39.4 Å². The molecule has 0 fully saturated rings. The Morgan fingerprint density at radius 2 is 2.11 bits per heavy atom. The van der Waals surface area contributed by atoms with Crippen molar-refractivity contribution >= 4 is 5.96 Å². The fourth-order valence-electron chi connectivity index (χ4n) is 2.41. The highest BCUT2D eigenvalue weighted by atomic mass is 16.5. The fourth-order valence-corrected chi connectivity index (χ4v) is 2.41. The monoisotopic (exact) mass is 384 g/mol. The molecule has 0 saturated heterocycles. The first-order chi connectivity index (χ1) is 13.8. The summed E-state index contributed by atoms with van der Waals surface area (Å²) in [4.78, 5) is 12.7. The van der Waals surface area contributed by atoms with Crippen molar-refractivity contribution in [3.05, 3.63) is 54.4 Å². The van der Waals surface area contributed by atoms with E-state index < -0.39 is 0 Å². The van der Waals surface area contributed by atoms with E-state index in [9.17, 15) is 0 Å². The third-order valence-electron chi connectivity index (χ3n) is 3.80. The van der Waals surface area contributed by atoms with Gasteiger partial charge in [-0.15, -0.1) is 0 Å². The molecule has 3 aromatic heterocycles. The Balaban J connectivity index is 1.29. The molecule has 9 heteroatoms. The SMILES string of the molecule is CN=C(NCCCOCc1ccco1)NCCc1noc(-c2ccccn2)n1. The van der Waals surface area contributed by atoms with Crippen LogP contribution in [0.15, 0.2) is 56.7 Å². The smallest absolute Gasteiger partial charge is 0.276 e. The average Bonchev–Trinajstić information content (AvgIpc) is 3.42. The number of aromatic nitrogens is 3. The molecule has 0 spiro atoms. The lowest BCUT2D eigenvalue weighted by Crippen LogP contribution is -2.39. The molecule has 0 amide bonds. The molecule has 0 aliphatic carbocycles. The topological polar surface area (TPSA) is 111 Å². The van der Waals surface area contributed by atoms with Gasteiger partial charge in [0.1, 0.15) is 18.1 Å². The molecule has 0 unspecified atom stereocenters. The number of nitrogens with zero attached hydrogens (tertiary/aromatic N) is 4. The molecule has 0 atom stereocenters. The maximum absolute atomic E-state index is 5.55. The van der Waals surface area contributed by atoms with Crippen molar-refractivity contribution in [2.45, 2.75) is 19.4 Å². The van der Waals surface area contributed by atoms with E-state index in [0.717, 1.165) is 24.7 Å². The Labute approximate surface area is 163 Å². The van der Waals surface area contributed by atoms with Crippen LogP contribution < -0.4 is 10.6 Å². The van der Waals surface area contributed by atoms with Crippen molar-refractivity contribution in [1.29, 1.82) is 0 Å². The second-order valence-electron chi connectivity index (χ2n) is 5.89. The van der Waals surface area contributed by atoms with Gasteiger partial charge in [0.05, 0.1) is 6.26 Å². The van der Waals surface area contributed by atoms with Gasteiger partial charge < -0.3 is 24.3 Å². The Morgan fingerprint density at radius 1 is 1.18 bits per heavy atom. The van der Waals surface area contributed by atoms with Crippen molar-refractivity contribution in [2.75, 3.05) is 26.7 Å². The van der Waals surface area contributed by atoms with E-state index in [0.29, 0.717) is 43.6 Å². The molecule has 148 valence electrons. The van der Waals surface area contributed by atoms with Crippen LogP contribution in [0.2, 0.25) is 0 Å². The van der Waals surface area contributed by atoms with Crippen molar-refractivity contribution in [3.63, 3.8) is 0 Å². The van der Waals surface area contributed by atoms with E-state index in [-0.39, 0.29) is 0 Å². The van der Waals surface area contributed by atoms with E-state index in [1.807, 2.05) is 30.3 Å². The number of rotatable bonds is 10. The van der Waals surface area contributed by atoms with Crippen LogP contribution in [0.3, 0.4) is 0 Å². The minimum absolute atomic E-state index is 0.424. The maximum Gasteiger partial charge on any atom is 0.276 e. The van der Waals surface area contributed by atoms with Crippen LogP contribution in [-0.4, -0.2) is 47.8 Å². The summed E-state index contributed by atoms with van der Waals surface area (Å²) in [6, 6.07) is 9.30. The van der Waals surface area contributed by atoms with Crippen LogP contribution in [0.1, 0.15) is 18.0 Å². The molecule has 0 bridgehead atoms. The molecule has 2 N–H and O–H groups in total. The lowest BCUT2D eigenvalue weighted by molar-refractivity contribution is 0.105. The van der Waals surface area contributed by atoms with Crippen molar-refractivity contribution in [2.24, 2.45) is 4.99 Å². The second-order valence-corrected chi connectivity index (χ2v) is 5.89. The quantitative estimate of drug-likeness (QED) is 0.310. The lowest BCUT2D eigenvalue weighted by Gasteiger charge is -2.11. The summed E-state index contributed by atoms with van der Waals surface area (Å²) < 4.78 is 16.0. The van der Waals surface area contributed by atoms with Crippen molar-refractivity contribution < 1.29 is 13.7 Å². The minimum atomic E-state index is 0.424.